The molecule has 0 radical (unpaired) electrons. The average molecular weight is 227 g/mol. The summed E-state index contributed by atoms with van der Waals surface area (Å²) >= 11 is 0. The Hall–Kier alpha value is -0.0800. The van der Waals surface area contributed by atoms with Crippen molar-refractivity contribution in [3.05, 3.63) is 0 Å². The van der Waals surface area contributed by atoms with Gasteiger partial charge < -0.3 is 10.1 Å². The summed E-state index contributed by atoms with van der Waals surface area (Å²) in [6.45, 7) is 8.74. The predicted molar refractivity (Wildman–Crippen MR) is 69.7 cm³/mol. The van der Waals surface area contributed by atoms with Gasteiger partial charge in [0.05, 0.1) is 6.10 Å². The number of rotatable bonds is 9. The lowest BCUT2D eigenvalue weighted by Crippen LogP contribution is -2.31. The molecule has 0 bridgehead atoms. The van der Waals surface area contributed by atoms with Crippen molar-refractivity contribution < 1.29 is 4.74 Å². The van der Waals surface area contributed by atoms with Gasteiger partial charge in [-0.25, -0.2) is 0 Å². The van der Waals surface area contributed by atoms with Crippen molar-refractivity contribution in [3.63, 3.8) is 0 Å². The molecule has 2 unspecified atom stereocenters. The summed E-state index contributed by atoms with van der Waals surface area (Å²) in [4.78, 5) is 0. The second-order valence-electron chi connectivity index (χ2n) is 5.36. The highest BCUT2D eigenvalue weighted by Crippen LogP contribution is 2.29. The van der Waals surface area contributed by atoms with Crippen LogP contribution in [0.4, 0.5) is 0 Å². The topological polar surface area (TPSA) is 21.3 Å². The molecule has 2 heteroatoms. The van der Waals surface area contributed by atoms with Gasteiger partial charge in [-0.15, -0.1) is 0 Å². The van der Waals surface area contributed by atoms with Crippen LogP contribution in [0.15, 0.2) is 0 Å². The van der Waals surface area contributed by atoms with E-state index < -0.39 is 0 Å². The maximum Gasteiger partial charge on any atom is 0.0561 e. The summed E-state index contributed by atoms with van der Waals surface area (Å²) in [5.74, 6) is 0.975. The van der Waals surface area contributed by atoms with Crippen LogP contribution in [0.25, 0.3) is 0 Å². The molecule has 0 saturated heterocycles. The van der Waals surface area contributed by atoms with Gasteiger partial charge in [-0.2, -0.15) is 0 Å². The minimum Gasteiger partial charge on any atom is -0.378 e. The van der Waals surface area contributed by atoms with Crippen LogP contribution in [-0.2, 0) is 4.74 Å². The van der Waals surface area contributed by atoms with E-state index in [0.717, 1.165) is 25.5 Å². The average Bonchev–Trinajstić information content (AvgIpc) is 2.18. The Labute approximate surface area is 101 Å². The van der Waals surface area contributed by atoms with Crippen LogP contribution < -0.4 is 5.32 Å². The maximum absolute atomic E-state index is 5.86. The Balaban J connectivity index is 1.94. The molecule has 1 rings (SSSR count). The van der Waals surface area contributed by atoms with Crippen LogP contribution in [-0.4, -0.2) is 25.3 Å². The summed E-state index contributed by atoms with van der Waals surface area (Å²) in [5, 5.41) is 3.50. The molecule has 1 N–H and O–H groups in total. The van der Waals surface area contributed by atoms with Gasteiger partial charge in [-0.05, 0) is 45.6 Å². The lowest BCUT2D eigenvalue weighted by molar-refractivity contribution is 0.0392. The Kier molecular flexibility index (Phi) is 7.06. The highest BCUT2D eigenvalue weighted by atomic mass is 16.5. The van der Waals surface area contributed by atoms with Crippen LogP contribution in [0.3, 0.4) is 0 Å². The van der Waals surface area contributed by atoms with E-state index in [1.165, 1.54) is 32.1 Å². The molecule has 1 saturated carbocycles. The highest BCUT2D eigenvalue weighted by Gasteiger charge is 2.17. The number of ether oxygens (including phenoxy) is 1. The normalized spacial score (nSPS) is 20.4. The summed E-state index contributed by atoms with van der Waals surface area (Å²) in [7, 11) is 0. The van der Waals surface area contributed by atoms with E-state index >= 15 is 0 Å². The Bertz CT molecular complexity index is 168. The molecular weight excluding hydrogens is 198 g/mol. The minimum atomic E-state index is 0.402. The van der Waals surface area contributed by atoms with E-state index in [9.17, 15) is 0 Å². The SMILES string of the molecule is CCCNC(C)CC(C)OCCC1CCC1. The largest absolute Gasteiger partial charge is 0.378 e. The van der Waals surface area contributed by atoms with Crippen molar-refractivity contribution in [1.29, 1.82) is 0 Å². The second-order valence-corrected chi connectivity index (χ2v) is 5.36. The molecule has 0 amide bonds. The molecule has 2 atom stereocenters. The molecule has 0 heterocycles. The quantitative estimate of drug-likeness (QED) is 0.652. The van der Waals surface area contributed by atoms with Gasteiger partial charge in [0.15, 0.2) is 0 Å². The van der Waals surface area contributed by atoms with Gasteiger partial charge in [0.1, 0.15) is 0 Å². The van der Waals surface area contributed by atoms with E-state index in [0.29, 0.717) is 12.1 Å². The zero-order valence-electron chi connectivity index (χ0n) is 11.3. The van der Waals surface area contributed by atoms with Gasteiger partial charge in [0, 0.05) is 12.6 Å². The molecule has 0 spiro atoms. The molecule has 96 valence electrons. The molecule has 1 aliphatic rings. The Morgan fingerprint density at radius 2 is 2.06 bits per heavy atom. The molecule has 0 aromatic rings. The van der Waals surface area contributed by atoms with Crippen molar-refractivity contribution in [2.24, 2.45) is 5.92 Å². The second kappa shape index (κ2) is 8.08. The summed E-state index contributed by atoms with van der Waals surface area (Å²) < 4.78 is 5.86. The van der Waals surface area contributed by atoms with Gasteiger partial charge in [0.2, 0.25) is 0 Å². The maximum atomic E-state index is 5.86. The standard InChI is InChI=1S/C14H29NO/c1-4-9-15-12(2)11-13(3)16-10-8-14-6-5-7-14/h12-15H,4-11H2,1-3H3. The van der Waals surface area contributed by atoms with E-state index in [-0.39, 0.29) is 0 Å². The lowest BCUT2D eigenvalue weighted by atomic mass is 9.83. The van der Waals surface area contributed by atoms with E-state index in [4.69, 9.17) is 4.74 Å². The van der Waals surface area contributed by atoms with E-state index in [1.54, 1.807) is 0 Å². The van der Waals surface area contributed by atoms with Gasteiger partial charge in [-0.3, -0.25) is 0 Å². The van der Waals surface area contributed by atoms with Crippen molar-refractivity contribution in [2.45, 2.75) is 71.4 Å². The molecule has 0 aromatic carbocycles. The van der Waals surface area contributed by atoms with Crippen LogP contribution >= 0.6 is 0 Å². The zero-order valence-corrected chi connectivity index (χ0v) is 11.3. The Morgan fingerprint density at radius 3 is 2.62 bits per heavy atom. The highest BCUT2D eigenvalue weighted by molar-refractivity contribution is 4.70. The van der Waals surface area contributed by atoms with Gasteiger partial charge >= 0.3 is 0 Å². The lowest BCUT2D eigenvalue weighted by Gasteiger charge is -2.26. The third-order valence-electron chi connectivity index (χ3n) is 3.58. The minimum absolute atomic E-state index is 0.402. The molecular formula is C14H29NO. The number of hydrogen-bond donors (Lipinski definition) is 1. The summed E-state index contributed by atoms with van der Waals surface area (Å²) in [5.41, 5.74) is 0. The zero-order chi connectivity index (χ0) is 11.8. The van der Waals surface area contributed by atoms with Crippen LogP contribution in [0, 0.1) is 5.92 Å². The van der Waals surface area contributed by atoms with Gasteiger partial charge in [-0.1, -0.05) is 26.2 Å². The molecule has 2 nitrogen and oxygen atoms in total. The summed E-state index contributed by atoms with van der Waals surface area (Å²) in [6, 6.07) is 0.582. The van der Waals surface area contributed by atoms with Crippen molar-refractivity contribution >= 4 is 0 Å². The van der Waals surface area contributed by atoms with Crippen LogP contribution in [0.1, 0.15) is 59.3 Å². The predicted octanol–water partition coefficient (Wildman–Crippen LogP) is 3.36. The number of hydrogen-bond acceptors (Lipinski definition) is 2. The fourth-order valence-corrected chi connectivity index (χ4v) is 2.26. The molecule has 16 heavy (non-hydrogen) atoms. The van der Waals surface area contributed by atoms with E-state index in [1.807, 2.05) is 0 Å². The Morgan fingerprint density at radius 1 is 1.31 bits per heavy atom. The smallest absolute Gasteiger partial charge is 0.0561 e. The monoisotopic (exact) mass is 227 g/mol. The van der Waals surface area contributed by atoms with Crippen LogP contribution in [0.5, 0.6) is 0 Å². The van der Waals surface area contributed by atoms with Crippen molar-refractivity contribution in [2.75, 3.05) is 13.2 Å². The third-order valence-corrected chi connectivity index (χ3v) is 3.58. The van der Waals surface area contributed by atoms with Crippen molar-refractivity contribution in [1.82, 2.24) is 5.32 Å². The van der Waals surface area contributed by atoms with Crippen LogP contribution in [0.2, 0.25) is 0 Å². The fourth-order valence-electron chi connectivity index (χ4n) is 2.26. The first kappa shape index (κ1) is 14.0. The fraction of sp³-hybridized carbons (Fsp3) is 1.00. The van der Waals surface area contributed by atoms with E-state index in [2.05, 4.69) is 26.1 Å². The molecule has 1 aliphatic carbocycles. The van der Waals surface area contributed by atoms with Crippen molar-refractivity contribution in [3.8, 4) is 0 Å². The first-order valence-electron chi connectivity index (χ1n) is 7.07. The number of nitrogens with one attached hydrogen (secondary N) is 1. The molecule has 1 fully saturated rings. The van der Waals surface area contributed by atoms with Gasteiger partial charge in [0.25, 0.3) is 0 Å². The first-order valence-corrected chi connectivity index (χ1v) is 7.07. The molecule has 0 aromatic heterocycles. The first-order chi connectivity index (χ1) is 7.72. The summed E-state index contributed by atoms with van der Waals surface area (Å²) in [6.07, 6.45) is 8.34. The third kappa shape index (κ3) is 5.86. The molecule has 0 aliphatic heterocycles.